The first-order chi connectivity index (χ1) is 7.72. The van der Waals surface area contributed by atoms with Crippen molar-refractivity contribution in [1.82, 2.24) is 4.98 Å². The van der Waals surface area contributed by atoms with Gasteiger partial charge in [-0.2, -0.15) is 0 Å². The number of methoxy groups -OCH3 is 1. The lowest BCUT2D eigenvalue weighted by molar-refractivity contribution is 0.0605. The van der Waals surface area contributed by atoms with Crippen molar-refractivity contribution in [3.8, 4) is 0 Å². The first kappa shape index (κ1) is 13.3. The normalized spacial score (nSPS) is 10.2. The quantitative estimate of drug-likeness (QED) is 0.487. The zero-order valence-corrected chi connectivity index (χ0v) is 11.0. The van der Waals surface area contributed by atoms with Crippen molar-refractivity contribution in [3.05, 3.63) is 10.6 Å². The molecule has 1 N–H and O–H groups in total. The van der Waals surface area contributed by atoms with Gasteiger partial charge in [-0.15, -0.1) is 11.6 Å². The molecule has 0 aliphatic rings. The molecule has 0 radical (unpaired) electrons. The summed E-state index contributed by atoms with van der Waals surface area (Å²) in [6.45, 7) is 2.97. The molecule has 0 aromatic carbocycles. The molecule has 0 fully saturated rings. The molecule has 1 aromatic heterocycles. The number of aromatic nitrogens is 1. The van der Waals surface area contributed by atoms with E-state index in [1.807, 2.05) is 0 Å². The number of rotatable bonds is 6. The average Bonchev–Trinajstić information content (AvgIpc) is 2.71. The standard InChI is InChI=1S/C10H15ClN2O2S/c1-3-4-5-12-10-13-7(6-11)8(16-10)9(14)15-2/h3-6H2,1-2H3,(H,12,13). The van der Waals surface area contributed by atoms with Gasteiger partial charge in [0, 0.05) is 6.54 Å². The second-order valence-electron chi connectivity index (χ2n) is 3.20. The fourth-order valence-electron chi connectivity index (χ4n) is 1.14. The van der Waals surface area contributed by atoms with Crippen molar-refractivity contribution in [3.63, 3.8) is 0 Å². The highest BCUT2D eigenvalue weighted by atomic mass is 35.5. The van der Waals surface area contributed by atoms with Gasteiger partial charge in [0.05, 0.1) is 18.7 Å². The Kier molecular flexibility index (Phi) is 5.55. The van der Waals surface area contributed by atoms with Crippen LogP contribution in [-0.2, 0) is 10.6 Å². The fraction of sp³-hybridized carbons (Fsp3) is 0.600. The number of hydrogen-bond donors (Lipinski definition) is 1. The van der Waals surface area contributed by atoms with Crippen LogP contribution in [0.15, 0.2) is 0 Å². The Bertz CT molecular complexity index is 355. The van der Waals surface area contributed by atoms with Crippen molar-refractivity contribution < 1.29 is 9.53 Å². The van der Waals surface area contributed by atoms with Gasteiger partial charge in [-0.25, -0.2) is 9.78 Å². The van der Waals surface area contributed by atoms with E-state index in [0.717, 1.165) is 24.5 Å². The van der Waals surface area contributed by atoms with Crippen LogP contribution < -0.4 is 5.32 Å². The van der Waals surface area contributed by atoms with Crippen LogP contribution >= 0.6 is 22.9 Å². The molecule has 0 unspecified atom stereocenters. The molecule has 0 aliphatic carbocycles. The Morgan fingerprint density at radius 2 is 2.38 bits per heavy atom. The van der Waals surface area contributed by atoms with E-state index < -0.39 is 0 Å². The van der Waals surface area contributed by atoms with E-state index in [-0.39, 0.29) is 11.8 Å². The minimum atomic E-state index is -0.378. The Balaban J connectivity index is 2.73. The number of anilines is 1. The van der Waals surface area contributed by atoms with E-state index in [1.54, 1.807) is 0 Å². The van der Waals surface area contributed by atoms with Crippen LogP contribution in [0.25, 0.3) is 0 Å². The molecule has 0 saturated carbocycles. The van der Waals surface area contributed by atoms with Crippen LogP contribution in [0.5, 0.6) is 0 Å². The van der Waals surface area contributed by atoms with Gasteiger partial charge >= 0.3 is 5.97 Å². The molecule has 0 saturated heterocycles. The number of unbranched alkanes of at least 4 members (excludes halogenated alkanes) is 1. The Morgan fingerprint density at radius 1 is 1.62 bits per heavy atom. The van der Waals surface area contributed by atoms with Crippen LogP contribution in [-0.4, -0.2) is 24.6 Å². The summed E-state index contributed by atoms with van der Waals surface area (Å²) in [7, 11) is 1.35. The fourth-order valence-corrected chi connectivity index (χ4v) is 2.34. The first-order valence-electron chi connectivity index (χ1n) is 5.10. The summed E-state index contributed by atoms with van der Waals surface area (Å²) in [5, 5.41) is 3.89. The molecular weight excluding hydrogens is 248 g/mol. The van der Waals surface area contributed by atoms with Crippen LogP contribution in [0.4, 0.5) is 5.13 Å². The molecule has 0 amide bonds. The molecule has 0 aliphatic heterocycles. The van der Waals surface area contributed by atoms with Crippen molar-refractivity contribution in [2.24, 2.45) is 0 Å². The summed E-state index contributed by atoms with van der Waals surface area (Å²) in [6, 6.07) is 0. The second-order valence-corrected chi connectivity index (χ2v) is 4.47. The Labute approximate surface area is 104 Å². The number of thiazole rings is 1. The second kappa shape index (κ2) is 6.70. The third kappa shape index (κ3) is 3.35. The summed E-state index contributed by atoms with van der Waals surface area (Å²) < 4.78 is 4.66. The van der Waals surface area contributed by atoms with Gasteiger partial charge < -0.3 is 10.1 Å². The lowest BCUT2D eigenvalue weighted by atomic mass is 10.3. The molecule has 0 atom stereocenters. The van der Waals surface area contributed by atoms with Crippen molar-refractivity contribution in [1.29, 1.82) is 0 Å². The van der Waals surface area contributed by atoms with Crippen molar-refractivity contribution in [2.75, 3.05) is 19.0 Å². The van der Waals surface area contributed by atoms with Crippen molar-refractivity contribution >= 4 is 34.0 Å². The van der Waals surface area contributed by atoms with E-state index in [9.17, 15) is 4.79 Å². The summed E-state index contributed by atoms with van der Waals surface area (Å²) in [5.74, 6) is -0.159. The summed E-state index contributed by atoms with van der Waals surface area (Å²) in [4.78, 5) is 16.1. The van der Waals surface area contributed by atoms with Crippen LogP contribution in [0.2, 0.25) is 0 Å². The summed E-state index contributed by atoms with van der Waals surface area (Å²) in [6.07, 6.45) is 2.19. The summed E-state index contributed by atoms with van der Waals surface area (Å²) in [5.41, 5.74) is 0.581. The maximum absolute atomic E-state index is 11.4. The smallest absolute Gasteiger partial charge is 0.350 e. The molecule has 4 nitrogen and oxygen atoms in total. The van der Waals surface area contributed by atoms with Gasteiger partial charge in [0.1, 0.15) is 4.88 Å². The number of esters is 1. The number of hydrogen-bond acceptors (Lipinski definition) is 5. The van der Waals surface area contributed by atoms with Gasteiger partial charge in [0.25, 0.3) is 0 Å². The van der Waals surface area contributed by atoms with Gasteiger partial charge in [-0.3, -0.25) is 0 Å². The predicted octanol–water partition coefficient (Wildman–Crippen LogP) is 2.88. The molecule has 90 valence electrons. The Hall–Kier alpha value is -0.810. The topological polar surface area (TPSA) is 51.2 Å². The zero-order valence-electron chi connectivity index (χ0n) is 9.38. The molecule has 1 aromatic rings. The molecule has 1 heterocycles. The largest absolute Gasteiger partial charge is 0.465 e. The number of ether oxygens (including phenoxy) is 1. The minimum absolute atomic E-state index is 0.219. The lowest BCUT2D eigenvalue weighted by Crippen LogP contribution is -2.01. The first-order valence-corrected chi connectivity index (χ1v) is 6.45. The maximum atomic E-state index is 11.4. The summed E-state index contributed by atoms with van der Waals surface area (Å²) >= 11 is 7.00. The van der Waals surface area contributed by atoms with E-state index >= 15 is 0 Å². The SMILES string of the molecule is CCCCNc1nc(CCl)c(C(=O)OC)s1. The van der Waals surface area contributed by atoms with Crippen LogP contribution in [0.3, 0.4) is 0 Å². The average molecular weight is 263 g/mol. The van der Waals surface area contributed by atoms with Gasteiger partial charge in [-0.1, -0.05) is 24.7 Å². The van der Waals surface area contributed by atoms with E-state index in [4.69, 9.17) is 11.6 Å². The van der Waals surface area contributed by atoms with Crippen molar-refractivity contribution in [2.45, 2.75) is 25.6 Å². The van der Waals surface area contributed by atoms with E-state index in [1.165, 1.54) is 18.4 Å². The lowest BCUT2D eigenvalue weighted by Gasteiger charge is -1.98. The molecule has 0 bridgehead atoms. The number of nitrogens with one attached hydrogen (secondary N) is 1. The minimum Gasteiger partial charge on any atom is -0.465 e. The highest BCUT2D eigenvalue weighted by molar-refractivity contribution is 7.17. The highest BCUT2D eigenvalue weighted by Gasteiger charge is 2.17. The van der Waals surface area contributed by atoms with Gasteiger partial charge in [0.2, 0.25) is 0 Å². The van der Waals surface area contributed by atoms with Gasteiger partial charge in [-0.05, 0) is 6.42 Å². The molecule has 0 spiro atoms. The Morgan fingerprint density at radius 3 is 2.94 bits per heavy atom. The molecule has 6 heteroatoms. The molecule has 16 heavy (non-hydrogen) atoms. The van der Waals surface area contributed by atoms with E-state index in [2.05, 4.69) is 22.0 Å². The number of carbonyl (C=O) groups is 1. The predicted molar refractivity (Wildman–Crippen MR) is 66.4 cm³/mol. The zero-order chi connectivity index (χ0) is 12.0. The number of alkyl halides is 1. The third-order valence-corrected chi connectivity index (χ3v) is 3.29. The van der Waals surface area contributed by atoms with Crippen LogP contribution in [0, 0.1) is 0 Å². The maximum Gasteiger partial charge on any atom is 0.350 e. The van der Waals surface area contributed by atoms with Crippen LogP contribution in [0.1, 0.15) is 35.1 Å². The third-order valence-electron chi connectivity index (χ3n) is 2.00. The molecular formula is C10H15ClN2O2S. The van der Waals surface area contributed by atoms with Gasteiger partial charge in [0.15, 0.2) is 5.13 Å². The monoisotopic (exact) mass is 262 g/mol. The number of halogens is 1. The van der Waals surface area contributed by atoms with E-state index in [0.29, 0.717) is 10.6 Å². The number of nitrogens with zero attached hydrogens (tertiary/aromatic N) is 1. The number of carbonyl (C=O) groups excluding carboxylic acids is 1. The molecule has 1 rings (SSSR count). The highest BCUT2D eigenvalue weighted by Crippen LogP contribution is 2.25.